The third kappa shape index (κ3) is 4.53. The van der Waals surface area contributed by atoms with Crippen molar-refractivity contribution in [1.82, 2.24) is 14.7 Å². The van der Waals surface area contributed by atoms with Crippen LogP contribution in [0.25, 0.3) is 0 Å². The summed E-state index contributed by atoms with van der Waals surface area (Å²) in [7, 11) is 0. The lowest BCUT2D eigenvalue weighted by atomic mass is 9.71. The summed E-state index contributed by atoms with van der Waals surface area (Å²) in [5.74, 6) is -0.783. The highest BCUT2D eigenvalue weighted by molar-refractivity contribution is 6.30. The minimum Gasteiger partial charge on any atom is -0.481 e. The highest BCUT2D eigenvalue weighted by atomic mass is 35.5. The normalized spacial score (nSPS) is 23.1. The Kier molecular flexibility index (Phi) is 6.30. The predicted molar refractivity (Wildman–Crippen MR) is 119 cm³/mol. The van der Waals surface area contributed by atoms with Gasteiger partial charge in [-0.1, -0.05) is 17.7 Å². The summed E-state index contributed by atoms with van der Waals surface area (Å²) in [6.45, 7) is 5.15. The molecule has 1 aliphatic heterocycles. The summed E-state index contributed by atoms with van der Waals surface area (Å²) in [6, 6.07) is 4.63. The van der Waals surface area contributed by atoms with Gasteiger partial charge in [-0.15, -0.1) is 0 Å². The zero-order valence-corrected chi connectivity index (χ0v) is 19.3. The van der Waals surface area contributed by atoms with Crippen LogP contribution in [0.5, 0.6) is 0 Å². The number of carboxylic acid groups (broad SMARTS) is 1. The molecule has 0 spiro atoms. The monoisotopic (exact) mass is 461 g/mol. The lowest BCUT2D eigenvalue weighted by molar-refractivity contribution is -0.150. The number of hydrogen-bond acceptors (Lipinski definition) is 3. The van der Waals surface area contributed by atoms with Crippen LogP contribution in [0.3, 0.4) is 0 Å². The molecule has 32 heavy (non-hydrogen) atoms. The van der Waals surface area contributed by atoms with E-state index >= 15 is 0 Å². The van der Waals surface area contributed by atoms with Gasteiger partial charge in [0.2, 0.25) is 5.91 Å². The highest BCUT2D eigenvalue weighted by Crippen LogP contribution is 2.40. The molecular weight excluding hydrogens is 433 g/mol. The molecule has 1 aliphatic carbocycles. The Balaban J connectivity index is 1.43. The first-order valence-electron chi connectivity index (χ1n) is 11.2. The van der Waals surface area contributed by atoms with Crippen molar-refractivity contribution >= 4 is 23.5 Å². The van der Waals surface area contributed by atoms with Gasteiger partial charge in [0, 0.05) is 23.6 Å². The van der Waals surface area contributed by atoms with Gasteiger partial charge in [0.05, 0.1) is 29.9 Å². The lowest BCUT2D eigenvalue weighted by Crippen LogP contribution is -2.39. The van der Waals surface area contributed by atoms with E-state index in [-0.39, 0.29) is 24.2 Å². The number of fused-ring (bicyclic) bond motifs is 1. The van der Waals surface area contributed by atoms with Crippen LogP contribution in [-0.2, 0) is 29.1 Å². The van der Waals surface area contributed by atoms with E-state index in [0.717, 1.165) is 36.2 Å². The molecule has 1 fully saturated rings. The summed E-state index contributed by atoms with van der Waals surface area (Å²) in [4.78, 5) is 26.4. The molecule has 0 atom stereocenters. The van der Waals surface area contributed by atoms with Gasteiger partial charge in [-0.05, 0) is 69.6 Å². The van der Waals surface area contributed by atoms with Crippen molar-refractivity contribution < 1.29 is 19.1 Å². The van der Waals surface area contributed by atoms with Crippen LogP contribution < -0.4 is 0 Å². The van der Waals surface area contributed by atoms with Crippen LogP contribution in [0, 0.1) is 24.1 Å². The lowest BCUT2D eigenvalue weighted by Gasteiger charge is -2.35. The summed E-state index contributed by atoms with van der Waals surface area (Å²) < 4.78 is 16.1. The Morgan fingerprint density at radius 1 is 1.31 bits per heavy atom. The van der Waals surface area contributed by atoms with Gasteiger partial charge in [0.15, 0.2) is 0 Å². The van der Waals surface area contributed by atoms with Crippen LogP contribution in [0.1, 0.15) is 61.5 Å². The fourth-order valence-electron chi connectivity index (χ4n) is 4.94. The molecule has 172 valence electrons. The Bertz CT molecular complexity index is 1040. The average Bonchev–Trinajstić information content (AvgIpc) is 3.06. The van der Waals surface area contributed by atoms with E-state index in [1.54, 1.807) is 23.7 Å². The number of carbonyl (C=O) groups is 2. The van der Waals surface area contributed by atoms with E-state index in [0.29, 0.717) is 42.9 Å². The number of aliphatic carboxylic acids is 1. The maximum absolute atomic E-state index is 14.3. The maximum Gasteiger partial charge on any atom is 0.309 e. The predicted octanol–water partition coefficient (Wildman–Crippen LogP) is 4.59. The Hall–Kier alpha value is -2.41. The zero-order valence-electron chi connectivity index (χ0n) is 18.5. The van der Waals surface area contributed by atoms with Crippen molar-refractivity contribution in [1.29, 1.82) is 0 Å². The molecule has 6 nitrogen and oxygen atoms in total. The Morgan fingerprint density at radius 2 is 2.03 bits per heavy atom. The van der Waals surface area contributed by atoms with Crippen molar-refractivity contribution in [3.8, 4) is 0 Å². The van der Waals surface area contributed by atoms with Gasteiger partial charge >= 0.3 is 5.97 Å². The fraction of sp³-hybridized carbons (Fsp3) is 0.542. The number of halogens is 2. The van der Waals surface area contributed by atoms with Crippen LogP contribution in [0.15, 0.2) is 18.2 Å². The molecule has 2 aliphatic rings. The molecule has 1 N–H and O–H groups in total. The van der Waals surface area contributed by atoms with Gasteiger partial charge in [-0.25, -0.2) is 4.39 Å². The SMILES string of the molecule is Cc1nn(Cc2ccc(Cl)cc2F)c2c1CCN(C(=O)CC1CCC(C)(C(=O)O)CC1)C2. The summed E-state index contributed by atoms with van der Waals surface area (Å²) in [5, 5.41) is 14.4. The number of carbonyl (C=O) groups excluding carboxylic acids is 1. The molecule has 1 saturated carbocycles. The molecule has 0 radical (unpaired) electrons. The number of aromatic nitrogens is 2. The van der Waals surface area contributed by atoms with Gasteiger partial charge in [-0.3, -0.25) is 14.3 Å². The van der Waals surface area contributed by atoms with Crippen molar-refractivity contribution in [3.05, 3.63) is 51.6 Å². The third-order valence-electron chi connectivity index (χ3n) is 7.22. The minimum atomic E-state index is -0.744. The van der Waals surface area contributed by atoms with E-state index in [4.69, 9.17) is 11.6 Å². The van der Waals surface area contributed by atoms with E-state index in [1.807, 2.05) is 11.8 Å². The molecule has 0 unspecified atom stereocenters. The second-order valence-corrected chi connectivity index (χ2v) is 9.92. The van der Waals surface area contributed by atoms with Gasteiger partial charge < -0.3 is 10.0 Å². The molecule has 2 aromatic rings. The number of carboxylic acids is 1. The third-order valence-corrected chi connectivity index (χ3v) is 7.45. The molecule has 0 bridgehead atoms. The molecule has 1 aromatic carbocycles. The summed E-state index contributed by atoms with van der Waals surface area (Å²) in [6.07, 6.45) is 3.94. The van der Waals surface area contributed by atoms with Crippen molar-refractivity contribution in [2.24, 2.45) is 11.3 Å². The van der Waals surface area contributed by atoms with Gasteiger partial charge in [0.25, 0.3) is 0 Å². The summed E-state index contributed by atoms with van der Waals surface area (Å²) in [5.41, 5.74) is 2.85. The van der Waals surface area contributed by atoms with Crippen molar-refractivity contribution in [2.45, 2.75) is 65.5 Å². The average molecular weight is 462 g/mol. The highest BCUT2D eigenvalue weighted by Gasteiger charge is 2.38. The van der Waals surface area contributed by atoms with Crippen molar-refractivity contribution in [2.75, 3.05) is 6.54 Å². The number of amides is 1. The van der Waals surface area contributed by atoms with E-state index < -0.39 is 11.4 Å². The van der Waals surface area contributed by atoms with E-state index in [1.165, 1.54) is 6.07 Å². The van der Waals surface area contributed by atoms with Crippen LogP contribution in [-0.4, -0.2) is 38.2 Å². The standard InChI is InChI=1S/C24H29ClFN3O3/c1-15-19-7-10-28(22(30)11-16-5-8-24(2,9-6-16)23(31)32)14-21(19)29(27-15)13-17-3-4-18(25)12-20(17)26/h3-4,12,16H,5-11,13-14H2,1-2H3,(H,31,32). The Morgan fingerprint density at radius 3 is 2.69 bits per heavy atom. The van der Waals surface area contributed by atoms with E-state index in [2.05, 4.69) is 5.10 Å². The molecule has 0 saturated heterocycles. The molecule has 2 heterocycles. The van der Waals surface area contributed by atoms with Crippen LogP contribution in [0.2, 0.25) is 5.02 Å². The molecule has 1 amide bonds. The Labute approximate surface area is 192 Å². The molecular formula is C24H29ClFN3O3. The largest absolute Gasteiger partial charge is 0.481 e. The number of hydrogen-bond donors (Lipinski definition) is 1. The van der Waals surface area contributed by atoms with Crippen molar-refractivity contribution in [3.63, 3.8) is 0 Å². The number of nitrogens with zero attached hydrogens (tertiary/aromatic N) is 3. The first-order chi connectivity index (χ1) is 15.2. The van der Waals surface area contributed by atoms with Gasteiger partial charge in [-0.2, -0.15) is 5.10 Å². The second-order valence-electron chi connectivity index (χ2n) is 9.48. The van der Waals surface area contributed by atoms with Crippen LogP contribution >= 0.6 is 11.6 Å². The number of benzene rings is 1. The zero-order chi connectivity index (χ0) is 23.0. The fourth-order valence-corrected chi connectivity index (χ4v) is 5.10. The number of aryl methyl sites for hydroxylation is 1. The molecule has 4 rings (SSSR count). The maximum atomic E-state index is 14.3. The van der Waals surface area contributed by atoms with E-state index in [9.17, 15) is 19.1 Å². The number of rotatable bonds is 5. The smallest absolute Gasteiger partial charge is 0.309 e. The quantitative estimate of drug-likeness (QED) is 0.706. The first kappa shape index (κ1) is 22.8. The topological polar surface area (TPSA) is 75.4 Å². The minimum absolute atomic E-state index is 0.0997. The molecule has 1 aromatic heterocycles. The van der Waals surface area contributed by atoms with Gasteiger partial charge in [0.1, 0.15) is 5.82 Å². The first-order valence-corrected chi connectivity index (χ1v) is 11.5. The molecule has 8 heteroatoms. The van der Waals surface area contributed by atoms with Crippen LogP contribution in [0.4, 0.5) is 4.39 Å². The summed E-state index contributed by atoms with van der Waals surface area (Å²) >= 11 is 5.87. The second kappa shape index (κ2) is 8.85.